The second-order valence-corrected chi connectivity index (χ2v) is 6.92. The summed E-state index contributed by atoms with van der Waals surface area (Å²) in [7, 11) is 1.62. The van der Waals surface area contributed by atoms with E-state index in [-0.39, 0.29) is 16.9 Å². The Kier molecular flexibility index (Phi) is 8.38. The molecule has 0 atom stereocenters. The molecule has 8 heteroatoms. The van der Waals surface area contributed by atoms with Gasteiger partial charge in [0.15, 0.2) is 5.11 Å². The zero-order chi connectivity index (χ0) is 19.6. The zero-order valence-corrected chi connectivity index (χ0v) is 17.2. The van der Waals surface area contributed by atoms with Crippen molar-refractivity contribution in [2.45, 2.75) is 6.42 Å². The Balaban J connectivity index is 1.90. The fourth-order valence-electron chi connectivity index (χ4n) is 2.20. The molecule has 2 amide bonds. The quantitative estimate of drug-likeness (QED) is 0.446. The average Bonchev–Trinajstić information content (AvgIpc) is 2.65. The van der Waals surface area contributed by atoms with Gasteiger partial charge in [0, 0.05) is 41.5 Å². The van der Waals surface area contributed by atoms with E-state index in [1.54, 1.807) is 55.6 Å². The Morgan fingerprint density at radius 2 is 1.81 bits per heavy atom. The predicted octanol–water partition coefficient (Wildman–Crippen LogP) is 3.34. The molecule has 0 saturated heterocycles. The van der Waals surface area contributed by atoms with Gasteiger partial charge in [-0.15, -0.1) is 0 Å². The van der Waals surface area contributed by atoms with Crippen LogP contribution in [-0.2, 0) is 4.74 Å². The van der Waals surface area contributed by atoms with Crippen LogP contribution in [0.2, 0.25) is 0 Å². The Morgan fingerprint density at radius 3 is 2.52 bits per heavy atom. The van der Waals surface area contributed by atoms with Gasteiger partial charge in [0.1, 0.15) is 0 Å². The molecule has 0 unspecified atom stereocenters. The molecule has 0 fully saturated rings. The molecule has 0 radical (unpaired) electrons. The minimum absolute atomic E-state index is 0.153. The van der Waals surface area contributed by atoms with Gasteiger partial charge in [0.05, 0.1) is 0 Å². The van der Waals surface area contributed by atoms with Crippen LogP contribution in [0.1, 0.15) is 27.1 Å². The monoisotopic (exact) mass is 449 g/mol. The number of hydrogen-bond donors (Lipinski definition) is 3. The summed E-state index contributed by atoms with van der Waals surface area (Å²) in [6.45, 7) is 1.13. The number of benzene rings is 2. The number of rotatable bonds is 7. The zero-order valence-electron chi connectivity index (χ0n) is 14.8. The maximum Gasteiger partial charge on any atom is 0.257 e. The third-order valence-electron chi connectivity index (χ3n) is 3.53. The number of ether oxygens (including phenoxy) is 1. The van der Waals surface area contributed by atoms with Gasteiger partial charge in [0.2, 0.25) is 0 Å². The number of hydrogen-bond acceptors (Lipinski definition) is 4. The maximum absolute atomic E-state index is 12.2. The van der Waals surface area contributed by atoms with Crippen LogP contribution in [0.15, 0.2) is 53.0 Å². The molecule has 2 aromatic carbocycles. The molecule has 0 aliphatic rings. The van der Waals surface area contributed by atoms with E-state index < -0.39 is 0 Å². The van der Waals surface area contributed by atoms with Crippen LogP contribution in [-0.4, -0.2) is 37.2 Å². The van der Waals surface area contributed by atoms with Gasteiger partial charge in [0.25, 0.3) is 11.8 Å². The van der Waals surface area contributed by atoms with Crippen molar-refractivity contribution in [3.05, 3.63) is 64.1 Å². The number of nitrogens with one attached hydrogen (secondary N) is 3. The third kappa shape index (κ3) is 7.09. The smallest absolute Gasteiger partial charge is 0.257 e. The molecule has 142 valence electrons. The summed E-state index contributed by atoms with van der Waals surface area (Å²) >= 11 is 8.50. The first-order chi connectivity index (χ1) is 13.0. The van der Waals surface area contributed by atoms with Crippen molar-refractivity contribution in [3.63, 3.8) is 0 Å². The number of carbonyl (C=O) groups excluding carboxylic acids is 2. The lowest BCUT2D eigenvalue weighted by Crippen LogP contribution is -2.34. The molecule has 3 N–H and O–H groups in total. The molecular weight excluding hydrogens is 430 g/mol. The molecule has 0 spiro atoms. The van der Waals surface area contributed by atoms with Gasteiger partial charge in [-0.1, -0.05) is 22.0 Å². The first kappa shape index (κ1) is 21.0. The Hall–Kier alpha value is -2.29. The van der Waals surface area contributed by atoms with E-state index in [9.17, 15) is 9.59 Å². The van der Waals surface area contributed by atoms with Gasteiger partial charge < -0.3 is 15.4 Å². The molecule has 2 rings (SSSR count). The van der Waals surface area contributed by atoms with Crippen molar-refractivity contribution < 1.29 is 14.3 Å². The van der Waals surface area contributed by atoms with Gasteiger partial charge in [-0.05, 0) is 61.1 Å². The summed E-state index contributed by atoms with van der Waals surface area (Å²) in [5.74, 6) is -0.494. The molecule has 0 heterocycles. The lowest BCUT2D eigenvalue weighted by Gasteiger charge is -2.11. The van der Waals surface area contributed by atoms with Crippen LogP contribution in [0.4, 0.5) is 5.69 Å². The van der Waals surface area contributed by atoms with Gasteiger partial charge in [-0.3, -0.25) is 14.9 Å². The van der Waals surface area contributed by atoms with E-state index in [0.29, 0.717) is 30.0 Å². The molecule has 0 bridgehead atoms. The third-order valence-corrected chi connectivity index (χ3v) is 4.26. The fourth-order valence-corrected chi connectivity index (χ4v) is 2.67. The highest BCUT2D eigenvalue weighted by Crippen LogP contribution is 2.12. The molecule has 2 aromatic rings. The minimum atomic E-state index is -0.313. The van der Waals surface area contributed by atoms with E-state index in [2.05, 4.69) is 31.9 Å². The lowest BCUT2D eigenvalue weighted by atomic mass is 10.2. The molecule has 0 aliphatic heterocycles. The number of methoxy groups -OCH3 is 1. The van der Waals surface area contributed by atoms with E-state index >= 15 is 0 Å². The Morgan fingerprint density at radius 1 is 1.07 bits per heavy atom. The number of carbonyl (C=O) groups is 2. The highest BCUT2D eigenvalue weighted by Gasteiger charge is 2.09. The Bertz CT molecular complexity index is 812. The van der Waals surface area contributed by atoms with Gasteiger partial charge >= 0.3 is 0 Å². The van der Waals surface area contributed by atoms with Crippen molar-refractivity contribution in [2.75, 3.05) is 25.6 Å². The number of amides is 2. The maximum atomic E-state index is 12.2. The van der Waals surface area contributed by atoms with Crippen LogP contribution in [0, 0.1) is 0 Å². The summed E-state index contributed by atoms with van der Waals surface area (Å²) in [5.41, 5.74) is 1.60. The fraction of sp³-hybridized carbons (Fsp3) is 0.211. The molecule has 0 aromatic heterocycles. The topological polar surface area (TPSA) is 79.5 Å². The summed E-state index contributed by atoms with van der Waals surface area (Å²) in [6, 6.07) is 13.8. The first-order valence-corrected chi connectivity index (χ1v) is 9.45. The molecule has 0 saturated carbocycles. The van der Waals surface area contributed by atoms with E-state index in [0.717, 1.165) is 10.9 Å². The van der Waals surface area contributed by atoms with Crippen LogP contribution >= 0.6 is 28.1 Å². The lowest BCUT2D eigenvalue weighted by molar-refractivity contribution is 0.0946. The molecular formula is C19H20BrN3O3S. The number of halogens is 1. The standard InChI is InChI=1S/C19H20BrN3O3S/c1-26-11-3-10-21-17(24)14-4-2-5-16(12-14)22-19(27)23-18(25)13-6-8-15(20)9-7-13/h2,4-9,12H,3,10-11H2,1H3,(H,21,24)(H2,22,23,25,27). The Labute approximate surface area is 171 Å². The highest BCUT2D eigenvalue weighted by molar-refractivity contribution is 9.10. The normalized spacial score (nSPS) is 10.1. The van der Waals surface area contributed by atoms with Crippen LogP contribution in [0.5, 0.6) is 0 Å². The van der Waals surface area contributed by atoms with Crippen LogP contribution in [0.25, 0.3) is 0 Å². The first-order valence-electron chi connectivity index (χ1n) is 8.24. The SMILES string of the molecule is COCCCNC(=O)c1cccc(NC(=S)NC(=O)c2ccc(Br)cc2)c1. The van der Waals surface area contributed by atoms with Crippen molar-refractivity contribution in [3.8, 4) is 0 Å². The van der Waals surface area contributed by atoms with Gasteiger partial charge in [-0.2, -0.15) is 0 Å². The van der Waals surface area contributed by atoms with E-state index in [1.165, 1.54) is 0 Å². The van der Waals surface area contributed by atoms with E-state index in [4.69, 9.17) is 17.0 Å². The van der Waals surface area contributed by atoms with E-state index in [1.807, 2.05) is 0 Å². The second kappa shape index (κ2) is 10.8. The predicted molar refractivity (Wildman–Crippen MR) is 113 cm³/mol. The molecule has 27 heavy (non-hydrogen) atoms. The summed E-state index contributed by atoms with van der Waals surface area (Å²) < 4.78 is 5.84. The number of anilines is 1. The minimum Gasteiger partial charge on any atom is -0.385 e. The summed E-state index contributed by atoms with van der Waals surface area (Å²) in [6.07, 6.45) is 0.742. The average molecular weight is 450 g/mol. The van der Waals surface area contributed by atoms with Crippen molar-refractivity contribution in [2.24, 2.45) is 0 Å². The summed E-state index contributed by atoms with van der Waals surface area (Å²) in [5, 5.41) is 8.50. The summed E-state index contributed by atoms with van der Waals surface area (Å²) in [4.78, 5) is 24.3. The van der Waals surface area contributed by atoms with Crippen molar-refractivity contribution in [1.82, 2.24) is 10.6 Å². The number of thiocarbonyl (C=S) groups is 1. The largest absolute Gasteiger partial charge is 0.385 e. The highest BCUT2D eigenvalue weighted by atomic mass is 79.9. The second-order valence-electron chi connectivity index (χ2n) is 5.60. The van der Waals surface area contributed by atoms with Crippen LogP contribution < -0.4 is 16.0 Å². The van der Waals surface area contributed by atoms with Crippen LogP contribution in [0.3, 0.4) is 0 Å². The van der Waals surface area contributed by atoms with Crippen molar-refractivity contribution >= 4 is 50.8 Å². The van der Waals surface area contributed by atoms with Crippen molar-refractivity contribution in [1.29, 1.82) is 0 Å². The molecule has 0 aliphatic carbocycles. The molecule has 6 nitrogen and oxygen atoms in total. The van der Waals surface area contributed by atoms with Gasteiger partial charge in [-0.25, -0.2) is 0 Å².